The third kappa shape index (κ3) is 3.25. The smallest absolute Gasteiger partial charge is 0.338 e. The Balaban J connectivity index is 3.05. The highest BCUT2D eigenvalue weighted by molar-refractivity contribution is 6.06. The Hall–Kier alpha value is -2.97. The molecule has 1 amide bonds. The predicted octanol–water partition coefficient (Wildman–Crippen LogP) is -0.138. The molecule has 0 unspecified atom stereocenters. The summed E-state index contributed by atoms with van der Waals surface area (Å²) >= 11 is 0. The Morgan fingerprint density at radius 1 is 1.16 bits per heavy atom. The molecule has 9 nitrogen and oxygen atoms in total. The van der Waals surface area contributed by atoms with E-state index in [2.05, 4.69) is 0 Å². The molecule has 0 aliphatic rings. The second kappa shape index (κ2) is 5.58. The number of carbonyl (C=O) groups is 3. The molecule has 0 aliphatic heterocycles. The van der Waals surface area contributed by atoms with Gasteiger partial charge in [-0.05, 0) is 6.07 Å². The number of carboxylic acids is 2. The van der Waals surface area contributed by atoms with Crippen molar-refractivity contribution < 1.29 is 29.5 Å². The van der Waals surface area contributed by atoms with E-state index < -0.39 is 40.1 Å². The zero-order valence-electron chi connectivity index (χ0n) is 9.27. The van der Waals surface area contributed by atoms with Gasteiger partial charge in [0, 0.05) is 6.07 Å². The first kappa shape index (κ1) is 14.1. The molecule has 0 aromatic heterocycles. The number of nitrogens with one attached hydrogen (secondary N) is 1. The van der Waals surface area contributed by atoms with Gasteiger partial charge in [0.25, 0.3) is 11.6 Å². The minimum absolute atomic E-state index is 0.417. The zero-order chi connectivity index (χ0) is 14.6. The molecule has 9 heteroatoms. The average Bonchev–Trinajstić information content (AvgIpc) is 2.34. The predicted molar refractivity (Wildman–Crippen MR) is 59.6 cm³/mol. The van der Waals surface area contributed by atoms with E-state index in [0.717, 1.165) is 12.1 Å². The highest BCUT2D eigenvalue weighted by Gasteiger charge is 2.30. The molecule has 0 saturated carbocycles. The number of amides is 1. The number of nitro groups is 1. The van der Waals surface area contributed by atoms with Crippen molar-refractivity contribution in [2.45, 2.75) is 6.04 Å². The maximum absolute atomic E-state index is 11.6. The van der Waals surface area contributed by atoms with Crippen molar-refractivity contribution >= 4 is 23.5 Å². The summed E-state index contributed by atoms with van der Waals surface area (Å²) in [5, 5.41) is 29.5. The van der Waals surface area contributed by atoms with Crippen molar-refractivity contribution in [1.82, 2.24) is 5.32 Å². The van der Waals surface area contributed by atoms with Gasteiger partial charge in [0.15, 0.2) is 0 Å². The van der Waals surface area contributed by atoms with Gasteiger partial charge in [-0.15, -0.1) is 0 Å². The minimum Gasteiger partial charge on any atom is -0.479 e. The highest BCUT2D eigenvalue weighted by atomic mass is 16.6. The van der Waals surface area contributed by atoms with Crippen LogP contribution in [0.5, 0.6) is 0 Å². The van der Waals surface area contributed by atoms with Gasteiger partial charge in [0.05, 0.1) is 4.92 Å². The van der Waals surface area contributed by atoms with Crippen LogP contribution in [0.1, 0.15) is 10.4 Å². The molecular formula is C10H8N2O7. The minimum atomic E-state index is -2.17. The highest BCUT2D eigenvalue weighted by Crippen LogP contribution is 2.17. The second-order valence-electron chi connectivity index (χ2n) is 3.36. The first-order chi connectivity index (χ1) is 8.84. The molecule has 19 heavy (non-hydrogen) atoms. The van der Waals surface area contributed by atoms with E-state index in [-0.39, 0.29) is 0 Å². The monoisotopic (exact) mass is 268 g/mol. The van der Waals surface area contributed by atoms with Gasteiger partial charge >= 0.3 is 11.9 Å². The number of rotatable bonds is 5. The quantitative estimate of drug-likeness (QED) is 0.382. The lowest BCUT2D eigenvalue weighted by Gasteiger charge is -2.09. The lowest BCUT2D eigenvalue weighted by molar-refractivity contribution is -0.385. The first-order valence-corrected chi connectivity index (χ1v) is 4.84. The third-order valence-electron chi connectivity index (χ3n) is 2.11. The van der Waals surface area contributed by atoms with Crippen LogP contribution in [0.15, 0.2) is 24.3 Å². The number of aliphatic carboxylic acids is 2. The number of carbonyl (C=O) groups excluding carboxylic acids is 1. The van der Waals surface area contributed by atoms with Gasteiger partial charge in [-0.25, -0.2) is 9.59 Å². The van der Waals surface area contributed by atoms with Crippen LogP contribution in [-0.2, 0) is 9.59 Å². The van der Waals surface area contributed by atoms with Crippen LogP contribution in [0.2, 0.25) is 0 Å². The molecule has 0 heterocycles. The Morgan fingerprint density at radius 3 is 2.16 bits per heavy atom. The van der Waals surface area contributed by atoms with Crippen LogP contribution in [0.4, 0.5) is 5.69 Å². The van der Waals surface area contributed by atoms with Gasteiger partial charge < -0.3 is 15.5 Å². The molecule has 0 aliphatic carbocycles. The maximum atomic E-state index is 11.6. The number of carboxylic acid groups (broad SMARTS) is 2. The molecule has 0 radical (unpaired) electrons. The topological polar surface area (TPSA) is 147 Å². The maximum Gasteiger partial charge on any atom is 0.338 e. The van der Waals surface area contributed by atoms with Crippen LogP contribution in [0.3, 0.4) is 0 Å². The summed E-state index contributed by atoms with van der Waals surface area (Å²) in [5.41, 5.74) is -0.963. The van der Waals surface area contributed by atoms with Crippen molar-refractivity contribution in [2.24, 2.45) is 0 Å². The SMILES string of the molecule is O=C(NC(C(=O)O)C(=O)O)c1ccccc1[N+](=O)[O-]. The van der Waals surface area contributed by atoms with E-state index in [4.69, 9.17) is 10.2 Å². The molecule has 0 saturated heterocycles. The summed E-state index contributed by atoms with van der Waals surface area (Å²) in [5.74, 6) is -4.71. The van der Waals surface area contributed by atoms with Crippen LogP contribution in [0, 0.1) is 10.1 Å². The summed E-state index contributed by atoms with van der Waals surface area (Å²) in [6.45, 7) is 0. The van der Waals surface area contributed by atoms with Crippen LogP contribution < -0.4 is 5.32 Å². The number of hydrogen-bond donors (Lipinski definition) is 3. The van der Waals surface area contributed by atoms with Crippen LogP contribution >= 0.6 is 0 Å². The average molecular weight is 268 g/mol. The number of hydrogen-bond acceptors (Lipinski definition) is 5. The molecular weight excluding hydrogens is 260 g/mol. The standard InChI is InChI=1S/C10H8N2O7/c13-8(11-7(9(14)15)10(16)17)5-3-1-2-4-6(5)12(18)19/h1-4,7H,(H,11,13)(H,14,15)(H,16,17). The largest absolute Gasteiger partial charge is 0.479 e. The lowest BCUT2D eigenvalue weighted by atomic mass is 10.1. The summed E-state index contributed by atoms with van der Waals surface area (Å²) in [7, 11) is 0. The molecule has 0 atom stereocenters. The zero-order valence-corrected chi connectivity index (χ0v) is 9.27. The number of benzene rings is 1. The fourth-order valence-corrected chi connectivity index (χ4v) is 1.26. The van der Waals surface area contributed by atoms with E-state index in [1.54, 1.807) is 5.32 Å². The van der Waals surface area contributed by atoms with Crippen molar-refractivity contribution in [3.05, 3.63) is 39.9 Å². The Morgan fingerprint density at radius 2 is 1.68 bits per heavy atom. The van der Waals surface area contributed by atoms with E-state index in [0.29, 0.717) is 0 Å². The van der Waals surface area contributed by atoms with E-state index >= 15 is 0 Å². The number of nitro benzene ring substituents is 1. The Labute approximate surface area is 105 Å². The molecule has 0 spiro atoms. The second-order valence-corrected chi connectivity index (χ2v) is 3.36. The molecule has 100 valence electrons. The Bertz CT molecular complexity index is 541. The van der Waals surface area contributed by atoms with Crippen molar-refractivity contribution in [2.75, 3.05) is 0 Å². The lowest BCUT2D eigenvalue weighted by Crippen LogP contribution is -2.46. The normalized spacial score (nSPS) is 9.95. The van der Waals surface area contributed by atoms with Gasteiger partial charge in [0.2, 0.25) is 6.04 Å². The van der Waals surface area contributed by atoms with Gasteiger partial charge in [0.1, 0.15) is 5.56 Å². The number of nitrogens with zero attached hydrogens (tertiary/aromatic N) is 1. The first-order valence-electron chi connectivity index (χ1n) is 4.84. The Kier molecular flexibility index (Phi) is 4.14. The van der Waals surface area contributed by atoms with Gasteiger partial charge in [-0.2, -0.15) is 0 Å². The summed E-state index contributed by atoms with van der Waals surface area (Å²) in [6, 6.07) is 2.62. The van der Waals surface area contributed by atoms with E-state index in [1.807, 2.05) is 0 Å². The molecule has 0 bridgehead atoms. The molecule has 1 rings (SSSR count). The van der Waals surface area contributed by atoms with Crippen LogP contribution in [0.25, 0.3) is 0 Å². The van der Waals surface area contributed by atoms with Crippen molar-refractivity contribution in [3.8, 4) is 0 Å². The molecule has 1 aromatic rings. The fourth-order valence-electron chi connectivity index (χ4n) is 1.26. The van der Waals surface area contributed by atoms with E-state index in [9.17, 15) is 24.5 Å². The summed E-state index contributed by atoms with van der Waals surface area (Å²) < 4.78 is 0. The van der Waals surface area contributed by atoms with Crippen molar-refractivity contribution in [1.29, 1.82) is 0 Å². The van der Waals surface area contributed by atoms with Crippen LogP contribution in [-0.4, -0.2) is 39.0 Å². The fraction of sp³-hybridized carbons (Fsp3) is 0.100. The van der Waals surface area contributed by atoms with E-state index in [1.165, 1.54) is 12.1 Å². The number of para-hydroxylation sites is 1. The van der Waals surface area contributed by atoms with Crippen molar-refractivity contribution in [3.63, 3.8) is 0 Å². The van der Waals surface area contributed by atoms with Gasteiger partial charge in [-0.1, -0.05) is 12.1 Å². The molecule has 3 N–H and O–H groups in total. The van der Waals surface area contributed by atoms with Gasteiger partial charge in [-0.3, -0.25) is 14.9 Å². The summed E-state index contributed by atoms with van der Waals surface area (Å²) in [6.07, 6.45) is 0. The third-order valence-corrected chi connectivity index (χ3v) is 2.11. The molecule has 1 aromatic carbocycles. The summed E-state index contributed by atoms with van der Waals surface area (Å²) in [4.78, 5) is 42.7. The molecule has 0 fully saturated rings.